The van der Waals surface area contributed by atoms with E-state index in [1.54, 1.807) is 60.7 Å². The van der Waals surface area contributed by atoms with Crippen molar-refractivity contribution in [2.75, 3.05) is 0 Å². The molecule has 1 saturated carbocycles. The molecular weight excluding hydrogens is 286 g/mol. The summed E-state index contributed by atoms with van der Waals surface area (Å²) in [5.41, 5.74) is 0.761. The Kier molecular flexibility index (Phi) is 3.53. The number of Topliss-reactive ketones (excluding diaryl/α,β-unsaturated/α-hetero) is 1. The second-order valence-electron chi connectivity index (χ2n) is 5.33. The van der Waals surface area contributed by atoms with Crippen molar-refractivity contribution in [1.82, 2.24) is 0 Å². The minimum Gasteiger partial charge on any atom is -0.507 e. The minimum absolute atomic E-state index is 0.206. The average Bonchev–Trinajstić information content (AvgIpc) is 2.79. The fourth-order valence-electron chi connectivity index (χ4n) is 2.80. The topological polar surface area (TPSA) is 37.3 Å². The van der Waals surface area contributed by atoms with E-state index in [4.69, 9.17) is 0 Å². The third-order valence-electron chi connectivity index (χ3n) is 3.89. The first kappa shape index (κ1) is 14.4. The van der Waals surface area contributed by atoms with Crippen LogP contribution in [0, 0.1) is 0 Å². The number of halogens is 2. The highest BCUT2D eigenvalue weighted by Gasteiger charge is 2.53. The highest BCUT2D eigenvalue weighted by molar-refractivity contribution is 6.09. The van der Waals surface area contributed by atoms with Crippen molar-refractivity contribution in [3.05, 3.63) is 77.4 Å². The second-order valence-corrected chi connectivity index (χ2v) is 5.33. The van der Waals surface area contributed by atoms with Crippen LogP contribution in [-0.2, 0) is 4.79 Å². The van der Waals surface area contributed by atoms with Gasteiger partial charge in [-0.25, -0.2) is 0 Å². The predicted molar refractivity (Wildman–Crippen MR) is 79.7 cm³/mol. The summed E-state index contributed by atoms with van der Waals surface area (Å²) in [4.78, 5) is 12.1. The first-order valence-electron chi connectivity index (χ1n) is 6.97. The molecule has 0 unspecified atom stereocenters. The molecule has 0 radical (unpaired) electrons. The quantitative estimate of drug-likeness (QED) is 0.661. The molecule has 112 valence electrons. The van der Waals surface area contributed by atoms with Gasteiger partial charge >= 0.3 is 5.92 Å². The average molecular weight is 300 g/mol. The summed E-state index contributed by atoms with van der Waals surface area (Å²) in [5.74, 6) is -5.90. The van der Waals surface area contributed by atoms with Gasteiger partial charge in [-0.15, -0.1) is 0 Å². The number of allylic oxidation sites excluding steroid dienone is 1. The van der Waals surface area contributed by atoms with Crippen LogP contribution in [-0.4, -0.2) is 16.8 Å². The molecule has 0 amide bonds. The molecule has 0 bridgehead atoms. The SMILES string of the molecule is O=C1/C(=C(\O)c2ccccc2)[C@H](c2ccccc2)CC1(F)F. The van der Waals surface area contributed by atoms with E-state index in [1.165, 1.54) is 0 Å². The lowest BCUT2D eigenvalue weighted by Crippen LogP contribution is -2.22. The summed E-state index contributed by atoms with van der Waals surface area (Å²) in [7, 11) is 0. The van der Waals surface area contributed by atoms with Gasteiger partial charge in [0.05, 0.1) is 5.57 Å². The van der Waals surface area contributed by atoms with E-state index in [0.717, 1.165) is 0 Å². The molecule has 2 nitrogen and oxygen atoms in total. The van der Waals surface area contributed by atoms with Gasteiger partial charge in [0.1, 0.15) is 5.76 Å². The van der Waals surface area contributed by atoms with E-state index in [-0.39, 0.29) is 11.3 Å². The fourth-order valence-corrected chi connectivity index (χ4v) is 2.80. The van der Waals surface area contributed by atoms with E-state index in [1.807, 2.05) is 0 Å². The molecule has 1 aliphatic rings. The lowest BCUT2D eigenvalue weighted by atomic mass is 9.91. The molecule has 2 aromatic carbocycles. The predicted octanol–water partition coefficient (Wildman–Crippen LogP) is 4.35. The van der Waals surface area contributed by atoms with Crippen LogP contribution >= 0.6 is 0 Å². The molecule has 3 rings (SSSR count). The Labute approximate surface area is 126 Å². The zero-order chi connectivity index (χ0) is 15.7. The van der Waals surface area contributed by atoms with Gasteiger partial charge in [-0.1, -0.05) is 60.7 Å². The van der Waals surface area contributed by atoms with Gasteiger partial charge in [0, 0.05) is 17.9 Å². The number of aliphatic hydroxyl groups excluding tert-OH is 1. The van der Waals surface area contributed by atoms with Gasteiger partial charge in [0.25, 0.3) is 0 Å². The summed E-state index contributed by atoms with van der Waals surface area (Å²) in [5, 5.41) is 10.4. The zero-order valence-electron chi connectivity index (χ0n) is 11.7. The molecule has 1 N–H and O–H groups in total. The molecule has 0 aromatic heterocycles. The summed E-state index contributed by atoms with van der Waals surface area (Å²) < 4.78 is 27.8. The summed E-state index contributed by atoms with van der Waals surface area (Å²) in [6.07, 6.45) is -0.609. The van der Waals surface area contributed by atoms with E-state index in [0.29, 0.717) is 11.1 Å². The maximum Gasteiger partial charge on any atom is 0.310 e. The van der Waals surface area contributed by atoms with Crippen LogP contribution in [0.15, 0.2) is 66.2 Å². The fraction of sp³-hybridized carbons (Fsp3) is 0.167. The van der Waals surface area contributed by atoms with Gasteiger partial charge in [0.15, 0.2) is 0 Å². The van der Waals surface area contributed by atoms with E-state index >= 15 is 0 Å². The number of carbonyl (C=O) groups is 1. The Morgan fingerprint density at radius 3 is 2.14 bits per heavy atom. The van der Waals surface area contributed by atoms with Crippen LogP contribution in [0.25, 0.3) is 5.76 Å². The van der Waals surface area contributed by atoms with Crippen LogP contribution in [0.5, 0.6) is 0 Å². The molecule has 1 fully saturated rings. The molecule has 2 aromatic rings. The molecule has 1 atom stereocenters. The largest absolute Gasteiger partial charge is 0.507 e. The van der Waals surface area contributed by atoms with E-state index in [2.05, 4.69) is 0 Å². The molecule has 1 aliphatic carbocycles. The number of aliphatic hydroxyl groups is 1. The first-order valence-corrected chi connectivity index (χ1v) is 6.97. The number of hydrogen-bond acceptors (Lipinski definition) is 2. The number of ketones is 1. The van der Waals surface area contributed by atoms with E-state index < -0.39 is 24.0 Å². The number of benzene rings is 2. The lowest BCUT2D eigenvalue weighted by molar-refractivity contribution is -0.135. The van der Waals surface area contributed by atoms with Crippen molar-refractivity contribution in [1.29, 1.82) is 0 Å². The monoisotopic (exact) mass is 300 g/mol. The van der Waals surface area contributed by atoms with Crippen molar-refractivity contribution >= 4 is 11.5 Å². The maximum atomic E-state index is 13.9. The molecule has 22 heavy (non-hydrogen) atoms. The Bertz CT molecular complexity index is 721. The normalized spacial score (nSPS) is 22.6. The second kappa shape index (κ2) is 5.37. The van der Waals surface area contributed by atoms with Crippen LogP contribution in [0.1, 0.15) is 23.5 Å². The summed E-state index contributed by atoms with van der Waals surface area (Å²) >= 11 is 0. The van der Waals surface area contributed by atoms with Crippen molar-refractivity contribution in [3.8, 4) is 0 Å². The lowest BCUT2D eigenvalue weighted by Gasteiger charge is -2.13. The van der Waals surface area contributed by atoms with Gasteiger partial charge < -0.3 is 5.11 Å². The van der Waals surface area contributed by atoms with Gasteiger partial charge in [0.2, 0.25) is 5.78 Å². The van der Waals surface area contributed by atoms with Crippen LogP contribution in [0.3, 0.4) is 0 Å². The smallest absolute Gasteiger partial charge is 0.310 e. The highest BCUT2D eigenvalue weighted by atomic mass is 19.3. The van der Waals surface area contributed by atoms with Crippen molar-refractivity contribution in [3.63, 3.8) is 0 Å². The van der Waals surface area contributed by atoms with Crippen LogP contribution < -0.4 is 0 Å². The number of carbonyl (C=O) groups excluding carboxylic acids is 1. The Hall–Kier alpha value is -2.49. The summed E-state index contributed by atoms with van der Waals surface area (Å²) in [6.45, 7) is 0. The van der Waals surface area contributed by atoms with Crippen molar-refractivity contribution < 1.29 is 18.7 Å². The number of alkyl halides is 2. The van der Waals surface area contributed by atoms with Gasteiger partial charge in [-0.3, -0.25) is 4.79 Å². The first-order chi connectivity index (χ1) is 10.5. The van der Waals surface area contributed by atoms with Crippen molar-refractivity contribution in [2.45, 2.75) is 18.3 Å². The number of rotatable bonds is 2. The van der Waals surface area contributed by atoms with Gasteiger partial charge in [-0.05, 0) is 5.56 Å². The highest BCUT2D eigenvalue weighted by Crippen LogP contribution is 2.47. The molecule has 0 spiro atoms. The maximum absolute atomic E-state index is 13.9. The standard InChI is InChI=1S/C18H14F2O2/c19-18(20)11-14(12-7-3-1-4-8-12)15(17(18)22)16(21)13-9-5-2-6-10-13/h1-10,14,21H,11H2/b16-15-/t14-/m0/s1. The summed E-state index contributed by atoms with van der Waals surface area (Å²) in [6, 6.07) is 16.9. The Morgan fingerprint density at radius 1 is 1.00 bits per heavy atom. The van der Waals surface area contributed by atoms with E-state index in [9.17, 15) is 18.7 Å². The molecule has 0 saturated heterocycles. The van der Waals surface area contributed by atoms with Crippen LogP contribution in [0.4, 0.5) is 8.78 Å². The Morgan fingerprint density at radius 2 is 1.55 bits per heavy atom. The molecular formula is C18H14F2O2. The van der Waals surface area contributed by atoms with Crippen molar-refractivity contribution in [2.24, 2.45) is 0 Å². The third kappa shape index (κ3) is 2.41. The third-order valence-corrected chi connectivity index (χ3v) is 3.89. The van der Waals surface area contributed by atoms with Crippen LogP contribution in [0.2, 0.25) is 0 Å². The Balaban J connectivity index is 2.15. The molecule has 0 heterocycles. The molecule has 4 heteroatoms. The minimum atomic E-state index is -3.45. The number of hydrogen-bond donors (Lipinski definition) is 1. The zero-order valence-corrected chi connectivity index (χ0v) is 11.7. The molecule has 0 aliphatic heterocycles. The van der Waals surface area contributed by atoms with Gasteiger partial charge in [-0.2, -0.15) is 8.78 Å².